The molecule has 1 aliphatic rings. The highest BCUT2D eigenvalue weighted by molar-refractivity contribution is 5.95. The second-order valence-corrected chi connectivity index (χ2v) is 5.93. The van der Waals surface area contributed by atoms with E-state index in [0.29, 0.717) is 5.56 Å². The summed E-state index contributed by atoms with van der Waals surface area (Å²) in [5.74, 6) is -0.946. The van der Waals surface area contributed by atoms with Gasteiger partial charge in [-0.25, -0.2) is 0 Å². The van der Waals surface area contributed by atoms with Gasteiger partial charge in [-0.1, -0.05) is 6.07 Å². The van der Waals surface area contributed by atoms with Crippen LogP contribution in [0.3, 0.4) is 0 Å². The summed E-state index contributed by atoms with van der Waals surface area (Å²) in [6.45, 7) is 4.08. The van der Waals surface area contributed by atoms with Crippen LogP contribution in [0.15, 0.2) is 18.2 Å². The number of carboxylic acid groups (broad SMARTS) is 1. The number of carbonyl (C=O) groups excluding carboxylic acids is 1. The van der Waals surface area contributed by atoms with Gasteiger partial charge in [0.25, 0.3) is 5.91 Å². The van der Waals surface area contributed by atoms with Crippen molar-refractivity contribution in [3.05, 3.63) is 34.9 Å². The third-order valence-electron chi connectivity index (χ3n) is 4.05. The number of hydrogen-bond donors (Lipinski definition) is 1. The zero-order valence-electron chi connectivity index (χ0n) is 12.8. The highest BCUT2D eigenvalue weighted by Crippen LogP contribution is 2.23. The molecule has 1 amide bonds. The maximum absolute atomic E-state index is 12.6. The zero-order valence-corrected chi connectivity index (χ0v) is 12.8. The molecule has 21 heavy (non-hydrogen) atoms. The largest absolute Gasteiger partial charge is 0.481 e. The van der Waals surface area contributed by atoms with Crippen molar-refractivity contribution in [2.24, 2.45) is 0 Å². The summed E-state index contributed by atoms with van der Waals surface area (Å²) in [5.41, 5.74) is 3.29. The second-order valence-electron chi connectivity index (χ2n) is 5.93. The Hall–Kier alpha value is -1.84. The number of carboxylic acids is 1. The average molecular weight is 289 g/mol. The molecular formula is C17H23NO3. The van der Waals surface area contributed by atoms with Crippen LogP contribution in [0, 0.1) is 0 Å². The first-order valence-corrected chi connectivity index (χ1v) is 7.63. The van der Waals surface area contributed by atoms with E-state index in [1.807, 2.05) is 26.0 Å². The topological polar surface area (TPSA) is 57.6 Å². The lowest BCUT2D eigenvalue weighted by Gasteiger charge is -2.27. The summed E-state index contributed by atoms with van der Waals surface area (Å²) in [5, 5.41) is 8.82. The van der Waals surface area contributed by atoms with Crippen molar-refractivity contribution in [3.8, 4) is 0 Å². The van der Waals surface area contributed by atoms with Gasteiger partial charge in [0.05, 0.1) is 6.42 Å². The SMILES string of the molecule is CC(C)N(CCC(=O)O)C(=O)c1ccc2c(c1)CCCC2. The molecule has 114 valence electrons. The van der Waals surface area contributed by atoms with Gasteiger partial charge in [0, 0.05) is 18.2 Å². The van der Waals surface area contributed by atoms with E-state index in [0.717, 1.165) is 12.8 Å². The van der Waals surface area contributed by atoms with Gasteiger partial charge in [0.2, 0.25) is 0 Å². The van der Waals surface area contributed by atoms with Gasteiger partial charge in [0.15, 0.2) is 0 Å². The average Bonchev–Trinajstić information content (AvgIpc) is 2.46. The molecule has 0 heterocycles. The van der Waals surface area contributed by atoms with Crippen molar-refractivity contribution in [1.29, 1.82) is 0 Å². The van der Waals surface area contributed by atoms with Crippen LogP contribution in [0.25, 0.3) is 0 Å². The molecule has 0 atom stereocenters. The molecule has 0 aromatic heterocycles. The molecule has 1 aromatic carbocycles. The number of amides is 1. The summed E-state index contributed by atoms with van der Waals surface area (Å²) in [6.07, 6.45) is 4.51. The Morgan fingerprint density at radius 2 is 1.86 bits per heavy atom. The first-order valence-electron chi connectivity index (χ1n) is 7.63. The van der Waals surface area contributed by atoms with Crippen LogP contribution in [0.1, 0.15) is 54.6 Å². The van der Waals surface area contributed by atoms with E-state index in [2.05, 4.69) is 6.07 Å². The minimum Gasteiger partial charge on any atom is -0.481 e. The molecule has 0 aliphatic heterocycles. The number of rotatable bonds is 5. The van der Waals surface area contributed by atoms with Gasteiger partial charge in [-0.3, -0.25) is 9.59 Å². The van der Waals surface area contributed by atoms with Crippen LogP contribution in [0.4, 0.5) is 0 Å². The Balaban J connectivity index is 2.18. The zero-order chi connectivity index (χ0) is 15.4. The van der Waals surface area contributed by atoms with Crippen molar-refractivity contribution in [2.75, 3.05) is 6.54 Å². The maximum Gasteiger partial charge on any atom is 0.305 e. The number of aliphatic carboxylic acids is 1. The Bertz CT molecular complexity index is 537. The summed E-state index contributed by atoms with van der Waals surface area (Å²) >= 11 is 0. The molecule has 0 saturated heterocycles. The molecule has 4 nitrogen and oxygen atoms in total. The lowest BCUT2D eigenvalue weighted by atomic mass is 9.90. The fourth-order valence-electron chi connectivity index (χ4n) is 2.84. The van der Waals surface area contributed by atoms with Crippen molar-refractivity contribution >= 4 is 11.9 Å². The van der Waals surface area contributed by atoms with E-state index in [1.54, 1.807) is 4.90 Å². The fourth-order valence-corrected chi connectivity index (χ4v) is 2.84. The number of benzene rings is 1. The van der Waals surface area contributed by atoms with Crippen LogP contribution in [0.5, 0.6) is 0 Å². The molecule has 0 spiro atoms. The Morgan fingerprint density at radius 3 is 2.48 bits per heavy atom. The third kappa shape index (κ3) is 3.84. The van der Waals surface area contributed by atoms with E-state index in [1.165, 1.54) is 24.0 Å². The molecule has 1 aromatic rings. The summed E-state index contributed by atoms with van der Waals surface area (Å²) in [4.78, 5) is 25.0. The van der Waals surface area contributed by atoms with Crippen LogP contribution in [0.2, 0.25) is 0 Å². The normalized spacial score (nSPS) is 13.9. The van der Waals surface area contributed by atoms with Crippen molar-refractivity contribution in [2.45, 2.75) is 52.0 Å². The smallest absolute Gasteiger partial charge is 0.305 e. The molecule has 2 rings (SSSR count). The monoisotopic (exact) mass is 289 g/mol. The molecule has 0 saturated carbocycles. The number of carbonyl (C=O) groups is 2. The highest BCUT2D eigenvalue weighted by atomic mass is 16.4. The molecule has 1 aliphatic carbocycles. The molecule has 0 fully saturated rings. The van der Waals surface area contributed by atoms with Crippen molar-refractivity contribution in [3.63, 3.8) is 0 Å². The van der Waals surface area contributed by atoms with Crippen molar-refractivity contribution in [1.82, 2.24) is 4.90 Å². The van der Waals surface area contributed by atoms with Gasteiger partial charge in [-0.2, -0.15) is 0 Å². The van der Waals surface area contributed by atoms with Crippen LogP contribution in [-0.2, 0) is 17.6 Å². The Morgan fingerprint density at radius 1 is 1.19 bits per heavy atom. The minimum absolute atomic E-state index is 0.00659. The Labute approximate surface area is 125 Å². The molecule has 1 N–H and O–H groups in total. The predicted molar refractivity (Wildman–Crippen MR) is 81.5 cm³/mol. The number of nitrogens with zero attached hydrogens (tertiary/aromatic N) is 1. The van der Waals surface area contributed by atoms with E-state index < -0.39 is 5.97 Å². The van der Waals surface area contributed by atoms with Gasteiger partial charge < -0.3 is 10.0 Å². The first-order chi connectivity index (χ1) is 9.99. The quantitative estimate of drug-likeness (QED) is 0.906. The van der Waals surface area contributed by atoms with E-state index >= 15 is 0 Å². The first kappa shape index (κ1) is 15.5. The van der Waals surface area contributed by atoms with E-state index in [4.69, 9.17) is 5.11 Å². The molecule has 4 heteroatoms. The summed E-state index contributed by atoms with van der Waals surface area (Å²) in [6, 6.07) is 5.92. The lowest BCUT2D eigenvalue weighted by Crippen LogP contribution is -2.38. The van der Waals surface area contributed by atoms with E-state index in [-0.39, 0.29) is 24.9 Å². The van der Waals surface area contributed by atoms with Gasteiger partial charge in [0.1, 0.15) is 0 Å². The molecule has 0 bridgehead atoms. The van der Waals surface area contributed by atoms with E-state index in [9.17, 15) is 9.59 Å². The molecule has 0 radical (unpaired) electrons. The molecular weight excluding hydrogens is 266 g/mol. The second kappa shape index (κ2) is 6.74. The van der Waals surface area contributed by atoms with Crippen molar-refractivity contribution < 1.29 is 14.7 Å². The number of hydrogen-bond acceptors (Lipinski definition) is 2. The van der Waals surface area contributed by atoms with Crippen LogP contribution >= 0.6 is 0 Å². The maximum atomic E-state index is 12.6. The van der Waals surface area contributed by atoms with Gasteiger partial charge in [-0.15, -0.1) is 0 Å². The summed E-state index contributed by atoms with van der Waals surface area (Å²) in [7, 11) is 0. The molecule has 0 unspecified atom stereocenters. The van der Waals surface area contributed by atoms with Crippen LogP contribution in [-0.4, -0.2) is 34.5 Å². The summed E-state index contributed by atoms with van der Waals surface area (Å²) < 4.78 is 0. The standard InChI is InChI=1S/C17H23NO3/c1-12(2)18(10-9-16(19)20)17(21)15-8-7-13-5-3-4-6-14(13)11-15/h7-8,11-12H,3-6,9-10H2,1-2H3,(H,19,20). The Kier molecular flexibility index (Phi) is 4.99. The van der Waals surface area contributed by atoms with Crippen LogP contribution < -0.4 is 0 Å². The van der Waals surface area contributed by atoms with Gasteiger partial charge >= 0.3 is 5.97 Å². The highest BCUT2D eigenvalue weighted by Gasteiger charge is 2.21. The minimum atomic E-state index is -0.876. The van der Waals surface area contributed by atoms with Gasteiger partial charge in [-0.05, 0) is 62.8 Å². The number of aryl methyl sites for hydroxylation is 2. The third-order valence-corrected chi connectivity index (χ3v) is 4.05. The lowest BCUT2D eigenvalue weighted by molar-refractivity contribution is -0.137. The number of fused-ring (bicyclic) bond motifs is 1. The predicted octanol–water partition coefficient (Wildman–Crippen LogP) is 2.89. The fraction of sp³-hybridized carbons (Fsp3) is 0.529.